The Balaban J connectivity index is 1.32. The number of allylic oxidation sites excluding steroid dienone is 1. The molecule has 0 amide bonds. The SMILES string of the molecule is CC=Cc1ccc(N(c2ccc(-c3ccc(N(c4ccccc4)c4cccc(C)c4)cc3)cc2)c2cccc(C)c2)cc1. The molecule has 0 spiro atoms. The van der Waals surface area contributed by atoms with Crippen LogP contribution in [0, 0.1) is 13.8 Å². The van der Waals surface area contributed by atoms with Gasteiger partial charge < -0.3 is 9.80 Å². The van der Waals surface area contributed by atoms with Crippen LogP contribution in [-0.4, -0.2) is 0 Å². The summed E-state index contributed by atoms with van der Waals surface area (Å²) in [7, 11) is 0. The molecule has 0 aromatic heterocycles. The van der Waals surface area contributed by atoms with Gasteiger partial charge in [-0.25, -0.2) is 0 Å². The minimum Gasteiger partial charge on any atom is -0.310 e. The van der Waals surface area contributed by atoms with Crippen LogP contribution in [0.5, 0.6) is 0 Å². The minimum atomic E-state index is 1.12. The van der Waals surface area contributed by atoms with Crippen LogP contribution >= 0.6 is 0 Å². The van der Waals surface area contributed by atoms with E-state index >= 15 is 0 Å². The van der Waals surface area contributed by atoms with E-state index < -0.39 is 0 Å². The van der Waals surface area contributed by atoms with Crippen molar-refractivity contribution in [3.05, 3.63) is 174 Å². The molecule has 0 N–H and O–H groups in total. The van der Waals surface area contributed by atoms with E-state index in [1.54, 1.807) is 0 Å². The third kappa shape index (κ3) is 6.29. The molecule has 2 heteroatoms. The second-order valence-corrected chi connectivity index (χ2v) is 10.9. The number of anilines is 6. The average molecular weight is 557 g/mol. The molecule has 210 valence electrons. The Labute approximate surface area is 255 Å². The molecule has 6 aromatic rings. The van der Waals surface area contributed by atoms with E-state index in [0.29, 0.717) is 0 Å². The topological polar surface area (TPSA) is 6.48 Å². The zero-order chi connectivity index (χ0) is 29.6. The van der Waals surface area contributed by atoms with Crippen molar-refractivity contribution in [1.82, 2.24) is 0 Å². The Morgan fingerprint density at radius 1 is 0.395 bits per heavy atom. The number of aryl methyl sites for hydroxylation is 2. The van der Waals surface area contributed by atoms with E-state index in [2.05, 4.69) is 187 Å². The van der Waals surface area contributed by atoms with Gasteiger partial charge in [0.05, 0.1) is 0 Å². The third-order valence-corrected chi connectivity index (χ3v) is 7.63. The summed E-state index contributed by atoms with van der Waals surface area (Å²) in [6, 6.07) is 54.3. The zero-order valence-electron chi connectivity index (χ0n) is 25.0. The zero-order valence-corrected chi connectivity index (χ0v) is 25.0. The van der Waals surface area contributed by atoms with Gasteiger partial charge >= 0.3 is 0 Å². The van der Waals surface area contributed by atoms with Crippen molar-refractivity contribution in [2.24, 2.45) is 0 Å². The first-order chi connectivity index (χ1) is 21.1. The van der Waals surface area contributed by atoms with Gasteiger partial charge in [-0.15, -0.1) is 0 Å². The smallest absolute Gasteiger partial charge is 0.0464 e. The van der Waals surface area contributed by atoms with Crippen LogP contribution in [0.4, 0.5) is 34.1 Å². The summed E-state index contributed by atoms with van der Waals surface area (Å²) in [5.41, 5.74) is 12.9. The maximum atomic E-state index is 2.32. The monoisotopic (exact) mass is 556 g/mol. The average Bonchev–Trinajstić information content (AvgIpc) is 3.04. The summed E-state index contributed by atoms with van der Waals surface area (Å²) < 4.78 is 0. The van der Waals surface area contributed by atoms with E-state index in [-0.39, 0.29) is 0 Å². The molecule has 6 aromatic carbocycles. The molecule has 0 atom stereocenters. The Morgan fingerprint density at radius 2 is 0.791 bits per heavy atom. The van der Waals surface area contributed by atoms with E-state index in [1.165, 1.54) is 27.8 Å². The molecule has 0 heterocycles. The quantitative estimate of drug-likeness (QED) is 0.184. The number of benzene rings is 6. The molecule has 0 saturated heterocycles. The van der Waals surface area contributed by atoms with Crippen LogP contribution in [0.15, 0.2) is 158 Å². The van der Waals surface area contributed by atoms with E-state index in [4.69, 9.17) is 0 Å². The van der Waals surface area contributed by atoms with Crippen molar-refractivity contribution >= 4 is 40.2 Å². The van der Waals surface area contributed by atoms with Crippen LogP contribution in [0.1, 0.15) is 23.6 Å². The fourth-order valence-corrected chi connectivity index (χ4v) is 5.54. The largest absolute Gasteiger partial charge is 0.310 e. The molecule has 6 rings (SSSR count). The van der Waals surface area contributed by atoms with E-state index in [0.717, 1.165) is 34.1 Å². The Morgan fingerprint density at radius 3 is 1.21 bits per heavy atom. The number of rotatable bonds is 8. The molecule has 0 unspecified atom stereocenters. The van der Waals surface area contributed by atoms with Gasteiger partial charge in [0.15, 0.2) is 0 Å². The standard InChI is InChI=1S/C41H36N2/c1-4-10-33-17-23-37(24-18-33)43(41-16-9-12-32(3)30-41)39-27-21-35(22-28-39)34-19-25-38(26-20-34)42(36-13-6-5-7-14-36)40-15-8-11-31(2)29-40/h4-30H,1-3H3. The van der Waals surface area contributed by atoms with Crippen molar-refractivity contribution < 1.29 is 0 Å². The highest BCUT2D eigenvalue weighted by Gasteiger charge is 2.15. The van der Waals surface area contributed by atoms with Crippen molar-refractivity contribution in [1.29, 1.82) is 0 Å². The van der Waals surface area contributed by atoms with E-state index in [9.17, 15) is 0 Å². The van der Waals surface area contributed by atoms with Crippen LogP contribution in [0.25, 0.3) is 17.2 Å². The molecule has 43 heavy (non-hydrogen) atoms. The Kier molecular flexibility index (Phi) is 8.19. The van der Waals surface area contributed by atoms with Crippen LogP contribution in [0.2, 0.25) is 0 Å². The van der Waals surface area contributed by atoms with Gasteiger partial charge in [0.1, 0.15) is 0 Å². The predicted octanol–water partition coefficient (Wildman–Crippen LogP) is 11.9. The maximum Gasteiger partial charge on any atom is 0.0464 e. The van der Waals surface area contributed by atoms with Crippen molar-refractivity contribution in [2.45, 2.75) is 20.8 Å². The second-order valence-electron chi connectivity index (χ2n) is 10.9. The molecule has 0 bridgehead atoms. The van der Waals surface area contributed by atoms with Gasteiger partial charge in [-0.1, -0.05) is 91.0 Å². The lowest BCUT2D eigenvalue weighted by Crippen LogP contribution is -2.10. The number of hydrogen-bond donors (Lipinski definition) is 0. The first-order valence-electron chi connectivity index (χ1n) is 14.8. The molecule has 0 aliphatic heterocycles. The first kappa shape index (κ1) is 27.8. The van der Waals surface area contributed by atoms with Gasteiger partial charge in [0.2, 0.25) is 0 Å². The third-order valence-electron chi connectivity index (χ3n) is 7.63. The lowest BCUT2D eigenvalue weighted by Gasteiger charge is -2.26. The number of hydrogen-bond acceptors (Lipinski definition) is 2. The highest BCUT2D eigenvalue weighted by atomic mass is 15.1. The predicted molar refractivity (Wildman–Crippen MR) is 185 cm³/mol. The second kappa shape index (κ2) is 12.7. The van der Waals surface area contributed by atoms with Crippen LogP contribution in [-0.2, 0) is 0 Å². The van der Waals surface area contributed by atoms with Gasteiger partial charge in [-0.2, -0.15) is 0 Å². The highest BCUT2D eigenvalue weighted by molar-refractivity contribution is 5.81. The molecular formula is C41H36N2. The van der Waals surface area contributed by atoms with Gasteiger partial charge in [0.25, 0.3) is 0 Å². The van der Waals surface area contributed by atoms with Crippen molar-refractivity contribution in [3.63, 3.8) is 0 Å². The summed E-state index contributed by atoms with van der Waals surface area (Å²) in [5.74, 6) is 0. The first-order valence-corrected chi connectivity index (χ1v) is 14.8. The van der Waals surface area contributed by atoms with Gasteiger partial charge in [-0.05, 0) is 121 Å². The summed E-state index contributed by atoms with van der Waals surface area (Å²) in [6.07, 6.45) is 4.20. The lowest BCUT2D eigenvalue weighted by atomic mass is 10.0. The molecular weight excluding hydrogens is 520 g/mol. The van der Waals surface area contributed by atoms with Crippen LogP contribution in [0.3, 0.4) is 0 Å². The Hall–Kier alpha value is -5.34. The molecule has 0 radical (unpaired) electrons. The molecule has 0 aliphatic carbocycles. The fraction of sp³-hybridized carbons (Fsp3) is 0.0732. The maximum absolute atomic E-state index is 2.32. The fourth-order valence-electron chi connectivity index (χ4n) is 5.54. The molecule has 0 fully saturated rings. The summed E-state index contributed by atoms with van der Waals surface area (Å²) in [4.78, 5) is 4.63. The lowest BCUT2D eigenvalue weighted by molar-refractivity contribution is 1.27. The van der Waals surface area contributed by atoms with Crippen LogP contribution < -0.4 is 9.80 Å². The summed E-state index contributed by atoms with van der Waals surface area (Å²) in [6.45, 7) is 6.32. The normalized spacial score (nSPS) is 11.0. The molecule has 0 saturated carbocycles. The van der Waals surface area contributed by atoms with Crippen molar-refractivity contribution in [2.75, 3.05) is 9.80 Å². The Bertz CT molecular complexity index is 1820. The summed E-state index contributed by atoms with van der Waals surface area (Å²) >= 11 is 0. The minimum absolute atomic E-state index is 1.12. The highest BCUT2D eigenvalue weighted by Crippen LogP contribution is 2.38. The summed E-state index contributed by atoms with van der Waals surface area (Å²) in [5, 5.41) is 0. The van der Waals surface area contributed by atoms with Gasteiger partial charge in [-0.3, -0.25) is 0 Å². The van der Waals surface area contributed by atoms with E-state index in [1.807, 2.05) is 6.92 Å². The van der Waals surface area contributed by atoms with Crippen molar-refractivity contribution in [3.8, 4) is 11.1 Å². The molecule has 2 nitrogen and oxygen atoms in total. The number of nitrogens with zero attached hydrogens (tertiary/aromatic N) is 2. The number of para-hydroxylation sites is 1. The van der Waals surface area contributed by atoms with Gasteiger partial charge in [0, 0.05) is 34.1 Å². The molecule has 0 aliphatic rings.